The van der Waals surface area contributed by atoms with E-state index in [4.69, 9.17) is 10.00 Å². The van der Waals surface area contributed by atoms with Gasteiger partial charge in [-0.3, -0.25) is 4.90 Å². The Morgan fingerprint density at radius 2 is 2.50 bits per heavy atom. The second-order valence-corrected chi connectivity index (χ2v) is 3.02. The van der Waals surface area contributed by atoms with E-state index in [1.165, 1.54) is 0 Å². The molecule has 1 heterocycles. The van der Waals surface area contributed by atoms with Crippen LogP contribution < -0.4 is 0 Å². The van der Waals surface area contributed by atoms with Crippen molar-refractivity contribution in [2.75, 3.05) is 26.3 Å². The Bertz CT molecular complexity index is 164. The number of nitrogens with zero attached hydrogens (tertiary/aromatic N) is 2. The zero-order valence-corrected chi connectivity index (χ0v) is 7.62. The third-order valence-electron chi connectivity index (χ3n) is 2.24. The van der Waals surface area contributed by atoms with E-state index in [1.807, 2.05) is 6.92 Å². The van der Waals surface area contributed by atoms with E-state index < -0.39 is 0 Å². The van der Waals surface area contributed by atoms with Crippen molar-refractivity contribution in [3.05, 3.63) is 0 Å². The summed E-state index contributed by atoms with van der Waals surface area (Å²) >= 11 is 0. The van der Waals surface area contributed by atoms with Crippen molar-refractivity contribution >= 4 is 0 Å². The topological polar surface area (TPSA) is 36.3 Å². The Kier molecular flexibility index (Phi) is 4.06. The summed E-state index contributed by atoms with van der Waals surface area (Å²) in [5.41, 5.74) is 0. The summed E-state index contributed by atoms with van der Waals surface area (Å²) in [7, 11) is 0. The van der Waals surface area contributed by atoms with Gasteiger partial charge in [0.15, 0.2) is 0 Å². The van der Waals surface area contributed by atoms with Crippen LogP contribution in [0.1, 0.15) is 19.8 Å². The van der Waals surface area contributed by atoms with Crippen molar-refractivity contribution in [1.29, 1.82) is 5.26 Å². The second kappa shape index (κ2) is 5.13. The molecule has 3 heteroatoms. The Hall–Kier alpha value is -0.590. The van der Waals surface area contributed by atoms with Crippen LogP contribution in [0.2, 0.25) is 0 Å². The molecule has 3 nitrogen and oxygen atoms in total. The van der Waals surface area contributed by atoms with E-state index in [0.717, 1.165) is 39.1 Å². The van der Waals surface area contributed by atoms with Gasteiger partial charge in [0.2, 0.25) is 0 Å². The van der Waals surface area contributed by atoms with Crippen molar-refractivity contribution in [3.63, 3.8) is 0 Å². The van der Waals surface area contributed by atoms with E-state index in [2.05, 4.69) is 11.0 Å². The molecule has 0 N–H and O–H groups in total. The molecule has 0 aliphatic carbocycles. The van der Waals surface area contributed by atoms with Crippen LogP contribution in [0.15, 0.2) is 0 Å². The highest BCUT2D eigenvalue weighted by atomic mass is 16.5. The minimum atomic E-state index is 0.144. The van der Waals surface area contributed by atoms with Gasteiger partial charge < -0.3 is 4.74 Å². The standard InChI is InChI=1S/C9H16N2O/c1-2-12-7-6-11-5-3-4-9(11)8-10/h9H,2-7H2,1H3. The fraction of sp³-hybridized carbons (Fsp3) is 0.889. The van der Waals surface area contributed by atoms with Crippen molar-refractivity contribution in [2.45, 2.75) is 25.8 Å². The molecule has 68 valence electrons. The second-order valence-electron chi connectivity index (χ2n) is 3.02. The van der Waals surface area contributed by atoms with Gasteiger partial charge in [-0.2, -0.15) is 5.26 Å². The lowest BCUT2D eigenvalue weighted by molar-refractivity contribution is 0.115. The Balaban J connectivity index is 2.18. The number of rotatable bonds is 4. The maximum absolute atomic E-state index is 8.76. The molecule has 1 aliphatic heterocycles. The highest BCUT2D eigenvalue weighted by molar-refractivity contribution is 4.95. The van der Waals surface area contributed by atoms with Crippen LogP contribution in [-0.2, 0) is 4.74 Å². The molecule has 1 saturated heterocycles. The van der Waals surface area contributed by atoms with Gasteiger partial charge in [0, 0.05) is 13.2 Å². The molecule has 0 saturated carbocycles. The molecule has 0 bridgehead atoms. The van der Waals surface area contributed by atoms with Crippen molar-refractivity contribution in [1.82, 2.24) is 4.90 Å². The average Bonchev–Trinajstić information content (AvgIpc) is 2.52. The highest BCUT2D eigenvalue weighted by Crippen LogP contribution is 2.15. The Morgan fingerprint density at radius 3 is 3.17 bits per heavy atom. The van der Waals surface area contributed by atoms with Crippen LogP contribution in [0.25, 0.3) is 0 Å². The summed E-state index contributed by atoms with van der Waals surface area (Å²) in [6.45, 7) is 5.49. The fourth-order valence-electron chi connectivity index (χ4n) is 1.57. The first-order chi connectivity index (χ1) is 5.88. The van der Waals surface area contributed by atoms with Crippen LogP contribution >= 0.6 is 0 Å². The molecule has 0 aromatic carbocycles. The summed E-state index contributed by atoms with van der Waals surface area (Å²) < 4.78 is 5.24. The zero-order valence-electron chi connectivity index (χ0n) is 7.62. The minimum Gasteiger partial charge on any atom is -0.380 e. The first-order valence-corrected chi connectivity index (χ1v) is 4.60. The molecule has 1 atom stereocenters. The molecule has 0 amide bonds. The van der Waals surface area contributed by atoms with Crippen LogP contribution in [0, 0.1) is 11.3 Å². The molecule has 0 spiro atoms. The quantitative estimate of drug-likeness (QED) is 0.588. The average molecular weight is 168 g/mol. The summed E-state index contributed by atoms with van der Waals surface area (Å²) in [5, 5.41) is 8.76. The molecular weight excluding hydrogens is 152 g/mol. The number of likely N-dealkylation sites (tertiary alicyclic amines) is 1. The van der Waals surface area contributed by atoms with Gasteiger partial charge in [-0.15, -0.1) is 0 Å². The molecule has 0 aromatic rings. The summed E-state index contributed by atoms with van der Waals surface area (Å²) in [6.07, 6.45) is 2.19. The van der Waals surface area contributed by atoms with Crippen molar-refractivity contribution < 1.29 is 4.74 Å². The molecule has 12 heavy (non-hydrogen) atoms. The number of hydrogen-bond donors (Lipinski definition) is 0. The molecule has 1 fully saturated rings. The molecule has 1 rings (SSSR count). The van der Waals surface area contributed by atoms with Crippen molar-refractivity contribution in [3.8, 4) is 6.07 Å². The van der Waals surface area contributed by atoms with Crippen LogP contribution in [0.5, 0.6) is 0 Å². The predicted molar refractivity (Wildman–Crippen MR) is 46.7 cm³/mol. The first-order valence-electron chi connectivity index (χ1n) is 4.60. The predicted octanol–water partition coefficient (Wildman–Crippen LogP) is 1.01. The zero-order chi connectivity index (χ0) is 8.81. The maximum Gasteiger partial charge on any atom is 0.0979 e. The first kappa shape index (κ1) is 9.50. The molecule has 1 unspecified atom stereocenters. The van der Waals surface area contributed by atoms with Crippen LogP contribution in [0.3, 0.4) is 0 Å². The molecular formula is C9H16N2O. The molecule has 0 radical (unpaired) electrons. The van der Waals surface area contributed by atoms with Crippen molar-refractivity contribution in [2.24, 2.45) is 0 Å². The van der Waals surface area contributed by atoms with Gasteiger partial charge in [0.1, 0.15) is 0 Å². The lowest BCUT2D eigenvalue weighted by atomic mass is 10.2. The Morgan fingerprint density at radius 1 is 1.67 bits per heavy atom. The van der Waals surface area contributed by atoms with Gasteiger partial charge in [-0.05, 0) is 26.3 Å². The van der Waals surface area contributed by atoms with Crippen LogP contribution in [-0.4, -0.2) is 37.2 Å². The van der Waals surface area contributed by atoms with Gasteiger partial charge in [-0.1, -0.05) is 0 Å². The summed E-state index contributed by atoms with van der Waals surface area (Å²) in [6, 6.07) is 2.46. The monoisotopic (exact) mass is 168 g/mol. The summed E-state index contributed by atoms with van der Waals surface area (Å²) in [5.74, 6) is 0. The maximum atomic E-state index is 8.76. The smallest absolute Gasteiger partial charge is 0.0979 e. The molecule has 0 aromatic heterocycles. The van der Waals surface area contributed by atoms with Gasteiger partial charge in [0.05, 0.1) is 18.7 Å². The fourth-order valence-corrected chi connectivity index (χ4v) is 1.57. The van der Waals surface area contributed by atoms with E-state index >= 15 is 0 Å². The van der Waals surface area contributed by atoms with Crippen LogP contribution in [0.4, 0.5) is 0 Å². The SMILES string of the molecule is CCOCCN1CCCC1C#N. The number of ether oxygens (including phenoxy) is 1. The normalized spacial score (nSPS) is 24.2. The third kappa shape index (κ3) is 2.47. The Labute approximate surface area is 73.9 Å². The lowest BCUT2D eigenvalue weighted by Gasteiger charge is -2.18. The number of hydrogen-bond acceptors (Lipinski definition) is 3. The van der Waals surface area contributed by atoms with Gasteiger partial charge in [-0.25, -0.2) is 0 Å². The van der Waals surface area contributed by atoms with E-state index in [9.17, 15) is 0 Å². The van der Waals surface area contributed by atoms with Gasteiger partial charge >= 0.3 is 0 Å². The van der Waals surface area contributed by atoms with Gasteiger partial charge in [0.25, 0.3) is 0 Å². The third-order valence-corrected chi connectivity index (χ3v) is 2.24. The van der Waals surface area contributed by atoms with E-state index in [-0.39, 0.29) is 6.04 Å². The largest absolute Gasteiger partial charge is 0.380 e. The minimum absolute atomic E-state index is 0.144. The summed E-state index contributed by atoms with van der Waals surface area (Å²) in [4.78, 5) is 2.20. The lowest BCUT2D eigenvalue weighted by Crippen LogP contribution is -2.31. The highest BCUT2D eigenvalue weighted by Gasteiger charge is 2.22. The van der Waals surface area contributed by atoms with E-state index in [1.54, 1.807) is 0 Å². The molecule has 1 aliphatic rings. The van der Waals surface area contributed by atoms with E-state index in [0.29, 0.717) is 0 Å². The number of nitriles is 1.